The Labute approximate surface area is 435 Å². The summed E-state index contributed by atoms with van der Waals surface area (Å²) in [6, 6.07) is 0. The lowest BCUT2D eigenvalue weighted by Gasteiger charge is -2.62. The van der Waals surface area contributed by atoms with Gasteiger partial charge in [-0.25, -0.2) is 0 Å². The van der Waals surface area contributed by atoms with Crippen molar-refractivity contribution >= 4 is 0 Å². The quantitative estimate of drug-likeness (QED) is 0.0830. The molecule has 10 rings (SSSR count). The lowest BCUT2D eigenvalue weighted by molar-refractivity contribution is -0.406. The highest BCUT2D eigenvalue weighted by atomic mass is 16.8. The Hall–Kier alpha value is -0.960. The smallest absolute Gasteiger partial charge is 0.187 e. The zero-order valence-electron chi connectivity index (χ0n) is 43.1. The van der Waals surface area contributed by atoms with Gasteiger partial charge in [-0.15, -0.1) is 0 Å². The zero-order valence-corrected chi connectivity index (χ0v) is 43.1. The normalized spacial score (nSPS) is 58.0. The molecule has 6 saturated heterocycles. The number of aliphatic hydroxyl groups excluding tert-OH is 14. The summed E-state index contributed by atoms with van der Waals surface area (Å²) < 4.78 is 61.3. The van der Waals surface area contributed by atoms with E-state index in [9.17, 15) is 71.5 Å². The maximum absolute atomic E-state index is 12.1. The average molecular weight is 1080 g/mol. The molecule has 75 heavy (non-hydrogen) atoms. The van der Waals surface area contributed by atoms with Gasteiger partial charge in [0.1, 0.15) is 97.7 Å². The Kier molecular flexibility index (Phi) is 16.9. The van der Waals surface area contributed by atoms with E-state index in [1.54, 1.807) is 0 Å². The number of hydrogen-bond donors (Lipinski definition) is 14. The molecule has 1 spiro atoms. The second kappa shape index (κ2) is 22.1. The molecule has 24 nitrogen and oxygen atoms in total. The minimum atomic E-state index is -2.05. The molecule has 6 unspecified atom stereocenters. The molecule has 0 bridgehead atoms. The van der Waals surface area contributed by atoms with Gasteiger partial charge in [0, 0.05) is 12.3 Å². The first-order valence-electron chi connectivity index (χ1n) is 27.4. The SMILES string of the molecule is C[C@@H]1CC[C@@]2(OC1)OC1CC3C4C[C@@H](O)[C@H]5CC(O[C@@H]6O[C@H](CO)[C@H](O[C@@H]7O[C@H](CO)[C@@H](O)[C@H](O[C@@H]8O[C@H](CO)[C@@H](O)[C@H](O)[C@H]8O)[C@H]7O[C@@H]7O[C@H](CO)[C@@H](O)[C@H](O)[C@H]7O)[C@H](O)[C@H]6O)CC[C@]5(C)C4CC[C@]3(C)C1[C@@H]2C. The Morgan fingerprint density at radius 3 is 1.60 bits per heavy atom. The van der Waals surface area contributed by atoms with Gasteiger partial charge in [0.15, 0.2) is 30.9 Å². The van der Waals surface area contributed by atoms with Crippen LogP contribution in [-0.4, -0.2) is 251 Å². The van der Waals surface area contributed by atoms with Gasteiger partial charge >= 0.3 is 0 Å². The van der Waals surface area contributed by atoms with Gasteiger partial charge in [-0.05, 0) is 97.7 Å². The molecule has 0 aromatic heterocycles. The van der Waals surface area contributed by atoms with Crippen molar-refractivity contribution in [2.24, 2.45) is 52.3 Å². The van der Waals surface area contributed by atoms with E-state index in [1.165, 1.54) is 0 Å². The molecular formula is C51H84O24. The molecule has 432 valence electrons. The molecule has 0 amide bonds. The second-order valence-corrected chi connectivity index (χ2v) is 24.5. The molecule has 10 aliphatic rings. The molecule has 6 aliphatic heterocycles. The summed E-state index contributed by atoms with van der Waals surface area (Å²) in [7, 11) is 0. The number of hydrogen-bond acceptors (Lipinski definition) is 24. The molecule has 0 aromatic rings. The molecule has 10 fully saturated rings. The van der Waals surface area contributed by atoms with E-state index in [1.807, 2.05) is 0 Å². The second-order valence-electron chi connectivity index (χ2n) is 24.5. The van der Waals surface area contributed by atoms with Crippen LogP contribution in [-0.2, 0) is 47.4 Å². The van der Waals surface area contributed by atoms with Crippen LogP contribution in [0.3, 0.4) is 0 Å². The van der Waals surface area contributed by atoms with Crippen LogP contribution < -0.4 is 0 Å². The van der Waals surface area contributed by atoms with Crippen molar-refractivity contribution in [2.75, 3.05) is 33.0 Å². The summed E-state index contributed by atoms with van der Waals surface area (Å²) in [4.78, 5) is 0. The molecular weight excluding hydrogens is 997 g/mol. The van der Waals surface area contributed by atoms with Crippen LogP contribution in [0.1, 0.15) is 85.5 Å². The van der Waals surface area contributed by atoms with E-state index in [2.05, 4.69) is 27.7 Å². The van der Waals surface area contributed by atoms with E-state index < -0.39 is 167 Å². The lowest BCUT2D eigenvalue weighted by Crippen LogP contribution is -2.68. The fourth-order valence-corrected chi connectivity index (χ4v) is 16.2. The maximum atomic E-state index is 12.1. The number of aliphatic hydroxyl groups is 14. The van der Waals surface area contributed by atoms with Crippen LogP contribution in [0.25, 0.3) is 0 Å². The Morgan fingerprint density at radius 2 is 1.00 bits per heavy atom. The summed E-state index contributed by atoms with van der Waals surface area (Å²) in [5, 5.41) is 152. The van der Waals surface area contributed by atoms with Crippen molar-refractivity contribution < 1.29 is 119 Å². The van der Waals surface area contributed by atoms with Gasteiger partial charge in [-0.2, -0.15) is 0 Å². The molecule has 33 atom stereocenters. The summed E-state index contributed by atoms with van der Waals surface area (Å²) >= 11 is 0. The molecule has 14 N–H and O–H groups in total. The van der Waals surface area contributed by atoms with E-state index in [4.69, 9.17) is 47.4 Å². The van der Waals surface area contributed by atoms with Crippen LogP contribution in [0.4, 0.5) is 0 Å². The highest BCUT2D eigenvalue weighted by Gasteiger charge is 2.70. The van der Waals surface area contributed by atoms with E-state index >= 15 is 0 Å². The van der Waals surface area contributed by atoms with Gasteiger partial charge in [-0.1, -0.05) is 27.7 Å². The van der Waals surface area contributed by atoms with Crippen LogP contribution in [0.5, 0.6) is 0 Å². The van der Waals surface area contributed by atoms with E-state index in [0.29, 0.717) is 48.9 Å². The van der Waals surface area contributed by atoms with Gasteiger partial charge in [0.05, 0.1) is 51.3 Å². The molecule has 4 saturated carbocycles. The summed E-state index contributed by atoms with van der Waals surface area (Å²) in [5.41, 5.74) is -0.133. The Balaban J connectivity index is 0.829. The van der Waals surface area contributed by atoms with Gasteiger partial charge in [0.2, 0.25) is 0 Å². The van der Waals surface area contributed by atoms with Crippen molar-refractivity contribution in [1.29, 1.82) is 0 Å². The first kappa shape index (κ1) is 57.3. The third-order valence-corrected chi connectivity index (χ3v) is 20.4. The third-order valence-electron chi connectivity index (χ3n) is 20.4. The summed E-state index contributed by atoms with van der Waals surface area (Å²) in [5.74, 6) is 1.64. The minimum absolute atomic E-state index is 0.0667. The largest absolute Gasteiger partial charge is 0.394 e. The van der Waals surface area contributed by atoms with Crippen molar-refractivity contribution in [1.82, 2.24) is 0 Å². The standard InChI is InChI=1S/C51H84O24/c1-19-5-10-51(66-18-19)20(2)32-27(75-51)13-24-22-12-26(56)25-11-21(6-8-49(25,3)23(22)7-9-50(24,32)4)67-45-41(65)38(62)42(31(17-55)71-45)72-48-44(74-47-40(64)37(61)34(58)29(15-53)69-47)43(35(59)30(16-54)70-48)73-46-39(63)36(60)33(57)28(14-52)68-46/h19-48,52-65H,5-18H2,1-4H3/t19-,20+,21?,22?,23?,24?,25-,26-,27?,28-,29-,30-,31-,32?,33-,34-,35-,36+,37+,38-,39-,40-,41-,42+,43+,44-,45-,46+,47+,48+,49-,50+,51-/m1/s1. The first-order chi connectivity index (χ1) is 35.6. The summed E-state index contributed by atoms with van der Waals surface area (Å²) in [6.45, 7) is 6.54. The van der Waals surface area contributed by atoms with E-state index in [0.717, 1.165) is 45.1 Å². The van der Waals surface area contributed by atoms with Crippen LogP contribution >= 0.6 is 0 Å². The van der Waals surface area contributed by atoms with Gasteiger partial charge in [-0.3, -0.25) is 0 Å². The van der Waals surface area contributed by atoms with Crippen molar-refractivity contribution in [3.63, 3.8) is 0 Å². The predicted molar refractivity (Wildman–Crippen MR) is 250 cm³/mol. The number of rotatable bonds is 12. The predicted octanol–water partition coefficient (Wildman–Crippen LogP) is -3.94. The topological polar surface area (TPSA) is 376 Å². The number of ether oxygens (including phenoxy) is 10. The highest BCUT2D eigenvalue weighted by molar-refractivity contribution is 5.16. The van der Waals surface area contributed by atoms with Crippen molar-refractivity contribution in [3.05, 3.63) is 0 Å². The molecule has 6 heterocycles. The van der Waals surface area contributed by atoms with E-state index in [-0.39, 0.29) is 28.8 Å². The first-order valence-corrected chi connectivity index (χ1v) is 27.4. The van der Waals surface area contributed by atoms with Crippen molar-refractivity contribution in [3.8, 4) is 0 Å². The number of fused-ring (bicyclic) bond motifs is 7. The Morgan fingerprint density at radius 1 is 0.467 bits per heavy atom. The third kappa shape index (κ3) is 9.79. The monoisotopic (exact) mass is 1080 g/mol. The Bertz CT molecular complexity index is 1910. The summed E-state index contributed by atoms with van der Waals surface area (Å²) in [6.07, 6.45) is -29.9. The fourth-order valence-electron chi connectivity index (χ4n) is 16.2. The molecule has 24 heteroatoms. The fraction of sp³-hybridized carbons (Fsp3) is 1.00. The highest BCUT2D eigenvalue weighted by Crippen LogP contribution is 2.71. The molecule has 4 aliphatic carbocycles. The van der Waals surface area contributed by atoms with Crippen LogP contribution in [0.2, 0.25) is 0 Å². The average Bonchev–Trinajstić information content (AvgIpc) is 3.85. The zero-order chi connectivity index (χ0) is 53.8. The van der Waals surface area contributed by atoms with Gasteiger partial charge in [0.25, 0.3) is 0 Å². The molecule has 0 radical (unpaired) electrons. The van der Waals surface area contributed by atoms with Crippen LogP contribution in [0.15, 0.2) is 0 Å². The molecule has 0 aromatic carbocycles. The van der Waals surface area contributed by atoms with Crippen LogP contribution in [0, 0.1) is 52.3 Å². The lowest BCUT2D eigenvalue weighted by atomic mass is 9.43. The maximum Gasteiger partial charge on any atom is 0.187 e. The minimum Gasteiger partial charge on any atom is -0.394 e. The van der Waals surface area contributed by atoms with Gasteiger partial charge < -0.3 is 119 Å². The van der Waals surface area contributed by atoms with Crippen molar-refractivity contribution in [2.45, 2.75) is 232 Å².